The number of para-hydroxylation sites is 2. The standard InChI is InChI=1S/C47H32N2/c1-47(2)40-19-8-5-15-34(40)38-25-30(22-23-41(38)47)29-12-11-13-32(24-29)48-42-20-9-7-18-37(42)39-26-31-27-45-36-17-4-3-14-33(36)35-16-6-10-21-43(35)49(45)44(31)28-46(39)48/h3-28H,1-2H3. The van der Waals surface area contributed by atoms with E-state index in [1.54, 1.807) is 0 Å². The number of nitrogens with zero attached hydrogens (tertiary/aromatic N) is 2. The van der Waals surface area contributed by atoms with Gasteiger partial charge in [-0.1, -0.05) is 123 Å². The fraction of sp³-hybridized carbons (Fsp3) is 0.0638. The molecule has 7 aromatic carbocycles. The van der Waals surface area contributed by atoms with Gasteiger partial charge in [0, 0.05) is 38.0 Å². The van der Waals surface area contributed by atoms with Gasteiger partial charge in [-0.15, -0.1) is 0 Å². The first-order valence-electron chi connectivity index (χ1n) is 17.2. The molecule has 3 aromatic heterocycles. The lowest BCUT2D eigenvalue weighted by atomic mass is 9.82. The third-order valence-corrected chi connectivity index (χ3v) is 11.3. The van der Waals surface area contributed by atoms with Crippen molar-refractivity contribution < 1.29 is 0 Å². The summed E-state index contributed by atoms with van der Waals surface area (Å²) in [5, 5.41) is 7.65. The second-order valence-corrected chi connectivity index (χ2v) is 14.2. The second kappa shape index (κ2) is 9.49. The number of pyridine rings is 1. The van der Waals surface area contributed by atoms with Crippen LogP contribution >= 0.6 is 0 Å². The van der Waals surface area contributed by atoms with Gasteiger partial charge in [0.15, 0.2) is 0 Å². The molecule has 0 radical (unpaired) electrons. The average molecular weight is 625 g/mol. The molecule has 0 unspecified atom stereocenters. The highest BCUT2D eigenvalue weighted by Crippen LogP contribution is 2.49. The Balaban J connectivity index is 1.17. The maximum atomic E-state index is 2.47. The number of aromatic nitrogens is 2. The molecule has 2 heteroatoms. The fourth-order valence-corrected chi connectivity index (χ4v) is 8.97. The molecular weight excluding hydrogens is 593 g/mol. The molecule has 0 fully saturated rings. The molecule has 0 aliphatic heterocycles. The van der Waals surface area contributed by atoms with Gasteiger partial charge in [-0.3, -0.25) is 0 Å². The van der Waals surface area contributed by atoms with Crippen LogP contribution in [0, 0.1) is 0 Å². The molecular formula is C47H32N2. The van der Waals surface area contributed by atoms with E-state index in [9.17, 15) is 0 Å². The molecule has 0 N–H and O–H groups in total. The molecule has 11 rings (SSSR count). The molecule has 0 saturated heterocycles. The first kappa shape index (κ1) is 26.9. The van der Waals surface area contributed by atoms with Gasteiger partial charge in [-0.25, -0.2) is 0 Å². The number of rotatable bonds is 2. The Morgan fingerprint density at radius 2 is 1.04 bits per heavy atom. The van der Waals surface area contributed by atoms with Gasteiger partial charge in [0.2, 0.25) is 0 Å². The van der Waals surface area contributed by atoms with E-state index in [2.05, 4.69) is 181 Å². The number of hydrogen-bond acceptors (Lipinski definition) is 0. The maximum Gasteiger partial charge on any atom is 0.0562 e. The molecule has 230 valence electrons. The minimum absolute atomic E-state index is 0.00120. The molecule has 49 heavy (non-hydrogen) atoms. The zero-order valence-electron chi connectivity index (χ0n) is 27.4. The van der Waals surface area contributed by atoms with E-state index in [4.69, 9.17) is 0 Å². The molecule has 3 heterocycles. The van der Waals surface area contributed by atoms with Gasteiger partial charge in [0.1, 0.15) is 0 Å². The van der Waals surface area contributed by atoms with E-state index < -0.39 is 0 Å². The quantitative estimate of drug-likeness (QED) is 0.169. The van der Waals surface area contributed by atoms with Gasteiger partial charge in [-0.2, -0.15) is 0 Å². The summed E-state index contributed by atoms with van der Waals surface area (Å²) in [6.07, 6.45) is 0. The van der Waals surface area contributed by atoms with E-state index in [1.165, 1.54) is 99.0 Å². The van der Waals surface area contributed by atoms with Crippen LogP contribution in [0.1, 0.15) is 25.0 Å². The van der Waals surface area contributed by atoms with Crippen molar-refractivity contribution in [1.82, 2.24) is 8.97 Å². The normalized spacial score (nSPS) is 13.7. The van der Waals surface area contributed by atoms with E-state index in [0.717, 1.165) is 0 Å². The van der Waals surface area contributed by atoms with Gasteiger partial charge in [-0.05, 0) is 87.3 Å². The monoisotopic (exact) mass is 624 g/mol. The van der Waals surface area contributed by atoms with Crippen molar-refractivity contribution in [2.24, 2.45) is 0 Å². The summed E-state index contributed by atoms with van der Waals surface area (Å²) >= 11 is 0. The Morgan fingerprint density at radius 1 is 0.388 bits per heavy atom. The fourth-order valence-electron chi connectivity index (χ4n) is 8.97. The Bertz CT molecular complexity index is 3020. The minimum Gasteiger partial charge on any atom is -0.309 e. The lowest BCUT2D eigenvalue weighted by molar-refractivity contribution is 0.660. The summed E-state index contributed by atoms with van der Waals surface area (Å²) < 4.78 is 4.93. The Morgan fingerprint density at radius 3 is 1.88 bits per heavy atom. The molecule has 0 amide bonds. The largest absolute Gasteiger partial charge is 0.309 e. The lowest BCUT2D eigenvalue weighted by Gasteiger charge is -2.21. The highest BCUT2D eigenvalue weighted by molar-refractivity contribution is 6.19. The van der Waals surface area contributed by atoms with Crippen LogP contribution in [0.15, 0.2) is 158 Å². The van der Waals surface area contributed by atoms with Gasteiger partial charge in [0.05, 0.1) is 27.6 Å². The van der Waals surface area contributed by atoms with Crippen molar-refractivity contribution in [3.05, 3.63) is 169 Å². The van der Waals surface area contributed by atoms with Gasteiger partial charge >= 0.3 is 0 Å². The summed E-state index contributed by atoms with van der Waals surface area (Å²) in [5.74, 6) is 0. The van der Waals surface area contributed by atoms with Crippen molar-refractivity contribution in [2.45, 2.75) is 19.3 Å². The van der Waals surface area contributed by atoms with Gasteiger partial charge < -0.3 is 8.97 Å². The van der Waals surface area contributed by atoms with Crippen LogP contribution in [-0.2, 0) is 5.41 Å². The molecule has 1 aliphatic carbocycles. The van der Waals surface area contributed by atoms with Crippen molar-refractivity contribution in [3.63, 3.8) is 0 Å². The lowest BCUT2D eigenvalue weighted by Crippen LogP contribution is -2.14. The Kier molecular flexibility index (Phi) is 5.21. The van der Waals surface area contributed by atoms with Crippen LogP contribution in [0.3, 0.4) is 0 Å². The third kappa shape index (κ3) is 3.55. The smallest absolute Gasteiger partial charge is 0.0562 e. The van der Waals surface area contributed by atoms with Crippen LogP contribution in [0.4, 0.5) is 0 Å². The number of benzene rings is 7. The minimum atomic E-state index is 0.00120. The highest BCUT2D eigenvalue weighted by Gasteiger charge is 2.35. The van der Waals surface area contributed by atoms with E-state index in [0.29, 0.717) is 0 Å². The SMILES string of the molecule is CC1(C)c2ccccc2-c2cc(-c3cccc(-n4c5ccccc5c5cc6cc7c8ccccc8c8ccccc8n7c6cc54)c3)ccc21. The second-order valence-electron chi connectivity index (χ2n) is 14.2. The van der Waals surface area contributed by atoms with E-state index in [-0.39, 0.29) is 5.41 Å². The molecule has 0 saturated carbocycles. The molecule has 0 spiro atoms. The zero-order valence-corrected chi connectivity index (χ0v) is 27.4. The Hall–Kier alpha value is -6.12. The van der Waals surface area contributed by atoms with Gasteiger partial charge in [0.25, 0.3) is 0 Å². The highest BCUT2D eigenvalue weighted by atomic mass is 15.0. The Labute approximate surface area is 284 Å². The van der Waals surface area contributed by atoms with Crippen LogP contribution in [0.25, 0.3) is 87.8 Å². The summed E-state index contributed by atoms with van der Waals surface area (Å²) in [7, 11) is 0. The van der Waals surface area contributed by atoms with Crippen molar-refractivity contribution in [2.75, 3.05) is 0 Å². The molecule has 1 aliphatic rings. The van der Waals surface area contributed by atoms with Crippen LogP contribution < -0.4 is 0 Å². The van der Waals surface area contributed by atoms with Crippen molar-refractivity contribution in [1.29, 1.82) is 0 Å². The van der Waals surface area contributed by atoms with Crippen LogP contribution in [0.2, 0.25) is 0 Å². The molecule has 10 aromatic rings. The topological polar surface area (TPSA) is 9.34 Å². The van der Waals surface area contributed by atoms with E-state index in [1.807, 2.05) is 0 Å². The number of hydrogen-bond donors (Lipinski definition) is 0. The van der Waals surface area contributed by atoms with Crippen LogP contribution in [0.5, 0.6) is 0 Å². The third-order valence-electron chi connectivity index (χ3n) is 11.3. The summed E-state index contributed by atoms with van der Waals surface area (Å²) in [6.45, 7) is 4.69. The predicted octanol–water partition coefficient (Wildman–Crippen LogP) is 12.5. The number of fused-ring (bicyclic) bond motifs is 14. The molecule has 0 atom stereocenters. The summed E-state index contributed by atoms with van der Waals surface area (Å²) in [5.41, 5.74) is 15.3. The first-order valence-corrected chi connectivity index (χ1v) is 17.2. The van der Waals surface area contributed by atoms with Crippen molar-refractivity contribution >= 4 is 59.9 Å². The first-order chi connectivity index (χ1) is 24.1. The molecule has 0 bridgehead atoms. The summed E-state index contributed by atoms with van der Waals surface area (Å²) in [6, 6.07) is 58.7. The van der Waals surface area contributed by atoms with Crippen molar-refractivity contribution in [3.8, 4) is 27.9 Å². The van der Waals surface area contributed by atoms with Crippen LogP contribution in [-0.4, -0.2) is 8.97 Å². The zero-order chi connectivity index (χ0) is 32.4. The summed E-state index contributed by atoms with van der Waals surface area (Å²) in [4.78, 5) is 0. The molecule has 2 nitrogen and oxygen atoms in total. The average Bonchev–Trinajstić information content (AvgIpc) is 3.76. The van der Waals surface area contributed by atoms with E-state index >= 15 is 0 Å². The predicted molar refractivity (Wildman–Crippen MR) is 207 cm³/mol. The maximum absolute atomic E-state index is 2.47.